The van der Waals surface area contributed by atoms with Gasteiger partial charge in [0.1, 0.15) is 6.07 Å². The average molecular weight is 343 g/mol. The van der Waals surface area contributed by atoms with E-state index in [1.165, 1.54) is 12.8 Å². The highest BCUT2D eigenvalue weighted by Gasteiger charge is 2.28. The summed E-state index contributed by atoms with van der Waals surface area (Å²) in [5.41, 5.74) is 0.813. The lowest BCUT2D eigenvalue weighted by atomic mass is 10.2. The van der Waals surface area contributed by atoms with Crippen LogP contribution in [0.25, 0.3) is 0 Å². The fraction of sp³-hybridized carbons (Fsp3) is 0.500. The average Bonchev–Trinajstić information content (AvgIpc) is 2.83. The zero-order valence-corrected chi connectivity index (χ0v) is 13.2. The van der Waals surface area contributed by atoms with Crippen molar-refractivity contribution in [3.05, 3.63) is 28.0 Å². The molecule has 1 N–H and O–H groups in total. The van der Waals surface area contributed by atoms with Gasteiger partial charge in [-0.05, 0) is 46.7 Å². The molecule has 1 aliphatic carbocycles. The van der Waals surface area contributed by atoms with Crippen LogP contribution in [0.15, 0.2) is 16.6 Å². The van der Waals surface area contributed by atoms with E-state index in [0.717, 1.165) is 12.2 Å². The Labute approximate surface area is 125 Å². The SMILES string of the molecule is CCSC1CCCC1Nc1ccc(C#N)c(Br)c1F. The van der Waals surface area contributed by atoms with Crippen molar-refractivity contribution >= 4 is 33.4 Å². The summed E-state index contributed by atoms with van der Waals surface area (Å²) >= 11 is 5.08. The number of anilines is 1. The van der Waals surface area contributed by atoms with Crippen LogP contribution in [0, 0.1) is 17.1 Å². The van der Waals surface area contributed by atoms with Crippen molar-refractivity contribution in [2.24, 2.45) is 0 Å². The molecule has 2 nitrogen and oxygen atoms in total. The molecule has 5 heteroatoms. The zero-order valence-electron chi connectivity index (χ0n) is 10.7. The Morgan fingerprint density at radius 3 is 3.00 bits per heavy atom. The third kappa shape index (κ3) is 3.24. The number of hydrogen-bond acceptors (Lipinski definition) is 3. The van der Waals surface area contributed by atoms with E-state index in [2.05, 4.69) is 28.2 Å². The molecule has 2 atom stereocenters. The Morgan fingerprint density at radius 1 is 1.53 bits per heavy atom. The number of halogens is 2. The van der Waals surface area contributed by atoms with Crippen LogP contribution in [0.1, 0.15) is 31.7 Å². The Hall–Kier alpha value is -0.730. The van der Waals surface area contributed by atoms with E-state index in [1.807, 2.05) is 17.8 Å². The van der Waals surface area contributed by atoms with Crippen LogP contribution in [0.2, 0.25) is 0 Å². The van der Waals surface area contributed by atoms with Gasteiger partial charge in [0.2, 0.25) is 0 Å². The van der Waals surface area contributed by atoms with E-state index in [9.17, 15) is 4.39 Å². The van der Waals surface area contributed by atoms with Crippen LogP contribution in [-0.2, 0) is 0 Å². The third-order valence-electron chi connectivity index (χ3n) is 3.38. The molecule has 19 heavy (non-hydrogen) atoms. The minimum Gasteiger partial charge on any atom is -0.379 e. The fourth-order valence-corrected chi connectivity index (χ4v) is 4.08. The highest BCUT2D eigenvalue weighted by atomic mass is 79.9. The molecule has 0 radical (unpaired) electrons. The lowest BCUT2D eigenvalue weighted by Gasteiger charge is -2.22. The first kappa shape index (κ1) is 14.7. The Kier molecular flexibility index (Phi) is 5.12. The quantitative estimate of drug-likeness (QED) is 0.871. The molecule has 2 unspecified atom stereocenters. The van der Waals surface area contributed by atoms with E-state index in [0.29, 0.717) is 22.5 Å². The first-order chi connectivity index (χ1) is 9.17. The highest BCUT2D eigenvalue weighted by molar-refractivity contribution is 9.10. The van der Waals surface area contributed by atoms with Crippen molar-refractivity contribution in [1.29, 1.82) is 5.26 Å². The number of thioether (sulfide) groups is 1. The van der Waals surface area contributed by atoms with Crippen molar-refractivity contribution in [3.8, 4) is 6.07 Å². The van der Waals surface area contributed by atoms with E-state index in [1.54, 1.807) is 12.1 Å². The zero-order chi connectivity index (χ0) is 13.8. The van der Waals surface area contributed by atoms with Crippen LogP contribution < -0.4 is 5.32 Å². The van der Waals surface area contributed by atoms with Crippen LogP contribution in [-0.4, -0.2) is 17.0 Å². The molecule has 1 aliphatic rings. The number of benzene rings is 1. The minimum atomic E-state index is -0.369. The van der Waals surface area contributed by atoms with Crippen molar-refractivity contribution in [1.82, 2.24) is 0 Å². The van der Waals surface area contributed by atoms with Gasteiger partial charge in [0.15, 0.2) is 5.82 Å². The van der Waals surface area contributed by atoms with Crippen molar-refractivity contribution in [3.63, 3.8) is 0 Å². The normalized spacial score (nSPS) is 22.2. The standard InChI is InChI=1S/C14H16BrFN2S/c1-2-19-12-5-3-4-10(12)18-11-7-6-9(8-17)13(15)14(11)16/h6-7,10,12,18H,2-5H2,1H3. The smallest absolute Gasteiger partial charge is 0.161 e. The molecule has 0 spiro atoms. The third-order valence-corrected chi connectivity index (χ3v) is 5.48. The molecule has 0 heterocycles. The number of nitrogens with zero attached hydrogens (tertiary/aromatic N) is 1. The van der Waals surface area contributed by atoms with Gasteiger partial charge in [-0.2, -0.15) is 17.0 Å². The fourth-order valence-electron chi connectivity index (χ4n) is 2.45. The molecular weight excluding hydrogens is 327 g/mol. The van der Waals surface area contributed by atoms with Crippen molar-refractivity contribution in [2.45, 2.75) is 37.5 Å². The number of nitriles is 1. The monoisotopic (exact) mass is 342 g/mol. The first-order valence-electron chi connectivity index (χ1n) is 6.43. The maximum Gasteiger partial charge on any atom is 0.161 e. The summed E-state index contributed by atoms with van der Waals surface area (Å²) in [4.78, 5) is 0. The predicted molar refractivity (Wildman–Crippen MR) is 82.0 cm³/mol. The molecule has 1 aromatic rings. The molecule has 1 aromatic carbocycles. The molecule has 1 fully saturated rings. The molecule has 0 saturated heterocycles. The highest BCUT2D eigenvalue weighted by Crippen LogP contribution is 2.34. The number of rotatable bonds is 4. The van der Waals surface area contributed by atoms with Crippen molar-refractivity contribution in [2.75, 3.05) is 11.1 Å². The van der Waals surface area contributed by atoms with Crippen LogP contribution >= 0.6 is 27.7 Å². The van der Waals surface area contributed by atoms with E-state index < -0.39 is 0 Å². The van der Waals surface area contributed by atoms with Gasteiger partial charge in [-0.1, -0.05) is 13.3 Å². The van der Waals surface area contributed by atoms with Gasteiger partial charge >= 0.3 is 0 Å². The molecule has 1 saturated carbocycles. The summed E-state index contributed by atoms with van der Waals surface area (Å²) < 4.78 is 14.4. The summed E-state index contributed by atoms with van der Waals surface area (Å²) in [5.74, 6) is 0.716. The molecule has 102 valence electrons. The summed E-state index contributed by atoms with van der Waals surface area (Å²) in [7, 11) is 0. The van der Waals surface area contributed by atoms with Gasteiger partial charge in [-0.15, -0.1) is 0 Å². The second-order valence-corrected chi connectivity index (χ2v) is 6.89. The van der Waals surface area contributed by atoms with E-state index >= 15 is 0 Å². The molecule has 0 aliphatic heterocycles. The van der Waals surface area contributed by atoms with Gasteiger partial charge in [-0.25, -0.2) is 4.39 Å². The van der Waals surface area contributed by atoms with Gasteiger partial charge < -0.3 is 5.32 Å². The molecule has 0 amide bonds. The maximum absolute atomic E-state index is 14.1. The van der Waals surface area contributed by atoms with Crippen LogP contribution in [0.5, 0.6) is 0 Å². The van der Waals surface area contributed by atoms with E-state index in [4.69, 9.17) is 5.26 Å². The lowest BCUT2D eigenvalue weighted by molar-refractivity contribution is 0.618. The minimum absolute atomic E-state index is 0.248. The van der Waals surface area contributed by atoms with Gasteiger partial charge in [0.05, 0.1) is 15.7 Å². The predicted octanol–water partition coefficient (Wildman–Crippen LogP) is 4.55. The van der Waals surface area contributed by atoms with Crippen molar-refractivity contribution < 1.29 is 4.39 Å². The van der Waals surface area contributed by atoms with Gasteiger partial charge in [0, 0.05) is 11.3 Å². The summed E-state index contributed by atoms with van der Waals surface area (Å²) in [6.45, 7) is 2.15. The maximum atomic E-state index is 14.1. The molecule has 0 bridgehead atoms. The second kappa shape index (κ2) is 6.62. The summed E-state index contributed by atoms with van der Waals surface area (Å²) in [6.07, 6.45) is 3.46. The second-order valence-electron chi connectivity index (χ2n) is 4.58. The van der Waals surface area contributed by atoms with Crippen LogP contribution in [0.3, 0.4) is 0 Å². The Morgan fingerprint density at radius 2 is 2.32 bits per heavy atom. The van der Waals surface area contributed by atoms with Crippen LogP contribution in [0.4, 0.5) is 10.1 Å². The lowest BCUT2D eigenvalue weighted by Crippen LogP contribution is -2.26. The topological polar surface area (TPSA) is 35.8 Å². The number of nitrogens with one attached hydrogen (secondary N) is 1. The van der Waals surface area contributed by atoms with Gasteiger partial charge in [-0.3, -0.25) is 0 Å². The number of hydrogen-bond donors (Lipinski definition) is 1. The van der Waals surface area contributed by atoms with E-state index in [-0.39, 0.29) is 10.3 Å². The first-order valence-corrected chi connectivity index (χ1v) is 8.27. The summed E-state index contributed by atoms with van der Waals surface area (Å²) in [6, 6.07) is 5.59. The Balaban J connectivity index is 2.15. The molecular formula is C14H16BrFN2S. The Bertz CT molecular complexity index is 501. The summed E-state index contributed by atoms with van der Waals surface area (Å²) in [5, 5.41) is 12.7. The van der Waals surface area contributed by atoms with Gasteiger partial charge in [0.25, 0.3) is 0 Å². The largest absolute Gasteiger partial charge is 0.379 e. The molecule has 2 rings (SSSR count). The molecule has 0 aromatic heterocycles.